The van der Waals surface area contributed by atoms with Crippen molar-refractivity contribution >= 4 is 21.6 Å². The normalized spacial score (nSPS) is 18.0. The molecule has 3 aromatic rings. The first kappa shape index (κ1) is 17.4. The number of H-pyrrole nitrogens is 1. The average molecular weight is 368 g/mol. The molecule has 4 nitrogen and oxygen atoms in total. The van der Waals surface area contributed by atoms with Crippen molar-refractivity contribution in [3.63, 3.8) is 0 Å². The minimum Gasteiger partial charge on any atom is -0.309 e. The van der Waals surface area contributed by atoms with Crippen LogP contribution in [0.15, 0.2) is 35.1 Å². The number of hydrogen-bond acceptors (Lipinski definition) is 4. The lowest BCUT2D eigenvalue weighted by Crippen LogP contribution is -2.25. The van der Waals surface area contributed by atoms with Crippen LogP contribution >= 0.6 is 11.3 Å². The van der Waals surface area contributed by atoms with Gasteiger partial charge in [-0.25, -0.2) is 4.98 Å². The van der Waals surface area contributed by atoms with E-state index in [1.807, 2.05) is 6.07 Å². The summed E-state index contributed by atoms with van der Waals surface area (Å²) in [5, 5.41) is 4.31. The summed E-state index contributed by atoms with van der Waals surface area (Å²) in [6.45, 7) is 5.20. The number of fused-ring (bicyclic) bond motifs is 3. The Labute approximate surface area is 157 Å². The van der Waals surface area contributed by atoms with Crippen molar-refractivity contribution in [1.29, 1.82) is 0 Å². The van der Waals surface area contributed by atoms with Gasteiger partial charge in [0.25, 0.3) is 5.56 Å². The highest BCUT2D eigenvalue weighted by molar-refractivity contribution is 7.18. The van der Waals surface area contributed by atoms with Gasteiger partial charge in [-0.1, -0.05) is 37.3 Å². The van der Waals surface area contributed by atoms with E-state index < -0.39 is 0 Å². The molecule has 0 saturated carbocycles. The van der Waals surface area contributed by atoms with Crippen molar-refractivity contribution in [2.45, 2.75) is 45.6 Å². The van der Waals surface area contributed by atoms with Crippen molar-refractivity contribution in [1.82, 2.24) is 15.3 Å². The second-order valence-electron chi connectivity index (χ2n) is 7.39. The van der Waals surface area contributed by atoms with Crippen molar-refractivity contribution in [3.8, 4) is 0 Å². The summed E-state index contributed by atoms with van der Waals surface area (Å²) in [6.07, 6.45) is 4.21. The molecule has 1 aromatic carbocycles. The van der Waals surface area contributed by atoms with Gasteiger partial charge in [-0.05, 0) is 56.2 Å². The summed E-state index contributed by atoms with van der Waals surface area (Å²) >= 11 is 1.71. The molecule has 1 aliphatic rings. The van der Waals surface area contributed by atoms with Crippen LogP contribution in [0.25, 0.3) is 10.2 Å². The van der Waals surface area contributed by atoms with Gasteiger partial charge in [-0.15, -0.1) is 11.3 Å². The molecule has 2 atom stereocenters. The van der Waals surface area contributed by atoms with E-state index >= 15 is 0 Å². The van der Waals surface area contributed by atoms with E-state index in [2.05, 4.69) is 48.4 Å². The summed E-state index contributed by atoms with van der Waals surface area (Å²) in [5.41, 5.74) is 2.58. The van der Waals surface area contributed by atoms with Crippen LogP contribution in [0.5, 0.6) is 0 Å². The fourth-order valence-corrected chi connectivity index (χ4v) is 5.14. The van der Waals surface area contributed by atoms with Crippen molar-refractivity contribution < 1.29 is 0 Å². The Kier molecular flexibility index (Phi) is 4.92. The minimum absolute atomic E-state index is 0.0220. The molecule has 0 saturated heterocycles. The van der Waals surface area contributed by atoms with E-state index in [4.69, 9.17) is 4.98 Å². The Morgan fingerprint density at radius 1 is 1.35 bits per heavy atom. The van der Waals surface area contributed by atoms with Gasteiger partial charge in [-0.2, -0.15) is 0 Å². The molecule has 4 rings (SSSR count). The number of aryl methyl sites for hydroxylation is 1. The van der Waals surface area contributed by atoms with Crippen LogP contribution in [0.1, 0.15) is 48.1 Å². The second kappa shape index (κ2) is 7.33. The third-order valence-corrected chi connectivity index (χ3v) is 6.45. The molecular formula is C21H25N3OS. The first-order chi connectivity index (χ1) is 12.6. The first-order valence-electron chi connectivity index (χ1n) is 9.43. The summed E-state index contributed by atoms with van der Waals surface area (Å²) in [6, 6.07) is 10.4. The number of aromatic nitrogens is 2. The van der Waals surface area contributed by atoms with E-state index in [0.717, 1.165) is 48.3 Å². The third-order valence-electron chi connectivity index (χ3n) is 5.30. The van der Waals surface area contributed by atoms with Gasteiger partial charge in [0, 0.05) is 4.88 Å². The van der Waals surface area contributed by atoms with Gasteiger partial charge >= 0.3 is 0 Å². The fourth-order valence-electron chi connectivity index (χ4n) is 3.74. The van der Waals surface area contributed by atoms with E-state index in [1.165, 1.54) is 16.0 Å². The Morgan fingerprint density at radius 3 is 2.96 bits per heavy atom. The molecule has 0 amide bonds. The fraction of sp³-hybridized carbons (Fsp3) is 0.429. The van der Waals surface area contributed by atoms with Gasteiger partial charge in [0.1, 0.15) is 10.7 Å². The maximum Gasteiger partial charge on any atom is 0.259 e. The van der Waals surface area contributed by atoms with Crippen LogP contribution in [0.2, 0.25) is 0 Å². The minimum atomic E-state index is 0.0220. The average Bonchev–Trinajstić information content (AvgIpc) is 3.00. The maximum atomic E-state index is 12.7. The summed E-state index contributed by atoms with van der Waals surface area (Å²) < 4.78 is 0. The Balaban J connectivity index is 1.52. The van der Waals surface area contributed by atoms with Gasteiger partial charge < -0.3 is 10.3 Å². The van der Waals surface area contributed by atoms with Crippen LogP contribution in [-0.4, -0.2) is 16.5 Å². The zero-order chi connectivity index (χ0) is 18.1. The molecule has 0 fully saturated rings. The van der Waals surface area contributed by atoms with Crippen LogP contribution < -0.4 is 10.9 Å². The topological polar surface area (TPSA) is 57.8 Å². The number of benzene rings is 1. The SMILES string of the molecule is C[C@@H]1CCc2c(sc3nc([C@@H](C)NCCc4ccccc4)[nH]c(=O)c23)C1. The quantitative estimate of drug-likeness (QED) is 0.716. The number of thiophene rings is 1. The lowest BCUT2D eigenvalue weighted by atomic mass is 9.89. The zero-order valence-corrected chi connectivity index (χ0v) is 16.2. The molecule has 0 radical (unpaired) electrons. The molecule has 0 bridgehead atoms. The van der Waals surface area contributed by atoms with Crippen LogP contribution in [0.4, 0.5) is 0 Å². The number of nitrogens with zero attached hydrogens (tertiary/aromatic N) is 1. The molecular weight excluding hydrogens is 342 g/mol. The molecule has 26 heavy (non-hydrogen) atoms. The molecule has 0 spiro atoms. The first-order valence-corrected chi connectivity index (χ1v) is 10.2. The standard InChI is InChI=1S/C21H25N3OS/c1-13-8-9-16-17(12-13)26-21-18(16)20(25)23-19(24-21)14(2)22-11-10-15-6-4-3-5-7-15/h3-7,13-14,22H,8-12H2,1-2H3,(H,23,24,25)/t13-,14-/m1/s1. The van der Waals surface area contributed by atoms with Gasteiger partial charge in [0.15, 0.2) is 0 Å². The van der Waals surface area contributed by atoms with E-state index in [1.54, 1.807) is 11.3 Å². The van der Waals surface area contributed by atoms with Crippen molar-refractivity contribution in [2.75, 3.05) is 6.54 Å². The smallest absolute Gasteiger partial charge is 0.259 e. The van der Waals surface area contributed by atoms with Crippen molar-refractivity contribution in [3.05, 3.63) is 62.5 Å². The molecule has 1 aliphatic carbocycles. The summed E-state index contributed by atoms with van der Waals surface area (Å²) in [7, 11) is 0. The molecule has 2 N–H and O–H groups in total. The van der Waals surface area contributed by atoms with E-state index in [0.29, 0.717) is 5.92 Å². The predicted octanol–water partition coefficient (Wildman–Crippen LogP) is 4.00. The maximum absolute atomic E-state index is 12.7. The molecule has 2 aromatic heterocycles. The predicted molar refractivity (Wildman–Crippen MR) is 108 cm³/mol. The Hall–Kier alpha value is -1.98. The summed E-state index contributed by atoms with van der Waals surface area (Å²) in [4.78, 5) is 22.8. The van der Waals surface area contributed by atoms with Gasteiger partial charge in [-0.3, -0.25) is 4.79 Å². The second-order valence-corrected chi connectivity index (χ2v) is 8.48. The Bertz CT molecular complexity index is 961. The Morgan fingerprint density at radius 2 is 2.15 bits per heavy atom. The largest absolute Gasteiger partial charge is 0.309 e. The highest BCUT2D eigenvalue weighted by Crippen LogP contribution is 2.35. The zero-order valence-electron chi connectivity index (χ0n) is 15.3. The van der Waals surface area contributed by atoms with Crippen LogP contribution in [-0.2, 0) is 19.3 Å². The summed E-state index contributed by atoms with van der Waals surface area (Å²) in [5.74, 6) is 1.44. The van der Waals surface area contributed by atoms with Crippen LogP contribution in [0.3, 0.4) is 0 Å². The molecule has 5 heteroatoms. The highest BCUT2D eigenvalue weighted by atomic mass is 32.1. The van der Waals surface area contributed by atoms with Gasteiger partial charge in [0.05, 0.1) is 11.4 Å². The monoisotopic (exact) mass is 367 g/mol. The lowest BCUT2D eigenvalue weighted by molar-refractivity contribution is 0.509. The highest BCUT2D eigenvalue weighted by Gasteiger charge is 2.23. The number of aromatic amines is 1. The third kappa shape index (κ3) is 3.46. The number of nitrogens with one attached hydrogen (secondary N) is 2. The van der Waals surface area contributed by atoms with E-state index in [9.17, 15) is 4.79 Å². The number of rotatable bonds is 5. The van der Waals surface area contributed by atoms with Gasteiger partial charge in [0.2, 0.25) is 0 Å². The lowest BCUT2D eigenvalue weighted by Gasteiger charge is -2.17. The van der Waals surface area contributed by atoms with E-state index in [-0.39, 0.29) is 11.6 Å². The van der Waals surface area contributed by atoms with Crippen LogP contribution in [0, 0.1) is 5.92 Å². The molecule has 0 unspecified atom stereocenters. The van der Waals surface area contributed by atoms with Crippen molar-refractivity contribution in [2.24, 2.45) is 5.92 Å². The molecule has 2 heterocycles. The molecule has 136 valence electrons. The molecule has 0 aliphatic heterocycles. The number of hydrogen-bond donors (Lipinski definition) is 2.